The van der Waals surface area contributed by atoms with Crippen molar-refractivity contribution in [3.8, 4) is 11.8 Å². The standard InChI is InChI=1S/C11H11FN2O2/c1-7(11(14)15)6-16-10-4-2-3-9(12)8(10)5-13/h2-4,7H,6H2,1H3,(H2,14,15). The fourth-order valence-corrected chi connectivity index (χ4v) is 1.03. The van der Waals surface area contributed by atoms with Crippen molar-refractivity contribution >= 4 is 5.91 Å². The molecule has 0 saturated heterocycles. The van der Waals surface area contributed by atoms with Crippen LogP contribution in [-0.4, -0.2) is 12.5 Å². The van der Waals surface area contributed by atoms with Crippen molar-refractivity contribution in [1.82, 2.24) is 0 Å². The molecule has 1 aromatic carbocycles. The molecule has 0 fully saturated rings. The third-order valence-electron chi connectivity index (χ3n) is 2.06. The molecule has 5 heteroatoms. The van der Waals surface area contributed by atoms with Gasteiger partial charge in [0.25, 0.3) is 0 Å². The largest absolute Gasteiger partial charge is 0.491 e. The minimum absolute atomic E-state index is 0.0213. The number of nitrogens with two attached hydrogens (primary N) is 1. The molecule has 1 aromatic rings. The van der Waals surface area contributed by atoms with E-state index in [1.165, 1.54) is 18.2 Å². The molecule has 16 heavy (non-hydrogen) atoms. The lowest BCUT2D eigenvalue weighted by Crippen LogP contribution is -2.25. The first-order valence-corrected chi connectivity index (χ1v) is 4.67. The van der Waals surface area contributed by atoms with Crippen molar-refractivity contribution < 1.29 is 13.9 Å². The summed E-state index contributed by atoms with van der Waals surface area (Å²) < 4.78 is 18.3. The molecule has 0 aliphatic heterocycles. The second-order valence-electron chi connectivity index (χ2n) is 3.34. The van der Waals surface area contributed by atoms with Crippen LogP contribution in [0, 0.1) is 23.1 Å². The number of halogens is 1. The number of nitriles is 1. The van der Waals surface area contributed by atoms with E-state index in [1.54, 1.807) is 13.0 Å². The average molecular weight is 222 g/mol. The molecule has 84 valence electrons. The van der Waals surface area contributed by atoms with Crippen molar-refractivity contribution in [2.24, 2.45) is 11.7 Å². The third-order valence-corrected chi connectivity index (χ3v) is 2.06. The number of hydrogen-bond donors (Lipinski definition) is 1. The number of carbonyl (C=O) groups excluding carboxylic acids is 1. The number of ether oxygens (including phenoxy) is 1. The molecule has 0 bridgehead atoms. The summed E-state index contributed by atoms with van der Waals surface area (Å²) in [4.78, 5) is 10.7. The Kier molecular flexibility index (Phi) is 3.84. The lowest BCUT2D eigenvalue weighted by Gasteiger charge is -2.11. The van der Waals surface area contributed by atoms with Crippen LogP contribution in [-0.2, 0) is 4.79 Å². The molecule has 2 N–H and O–H groups in total. The molecule has 0 radical (unpaired) electrons. The van der Waals surface area contributed by atoms with Gasteiger partial charge in [-0.2, -0.15) is 5.26 Å². The Morgan fingerprint density at radius 3 is 2.94 bits per heavy atom. The Labute approximate surface area is 92.4 Å². The molecule has 1 atom stereocenters. The Hall–Kier alpha value is -2.09. The Balaban J connectivity index is 2.79. The molecule has 1 unspecified atom stereocenters. The van der Waals surface area contributed by atoms with Crippen LogP contribution in [0.5, 0.6) is 5.75 Å². The predicted octanol–water partition coefficient (Wildman–Crippen LogP) is 1.20. The van der Waals surface area contributed by atoms with Crippen LogP contribution in [0.25, 0.3) is 0 Å². The van der Waals surface area contributed by atoms with E-state index < -0.39 is 17.6 Å². The van der Waals surface area contributed by atoms with Gasteiger partial charge in [-0.1, -0.05) is 13.0 Å². The molecule has 4 nitrogen and oxygen atoms in total. The lowest BCUT2D eigenvalue weighted by molar-refractivity contribution is -0.122. The van der Waals surface area contributed by atoms with Gasteiger partial charge in [0.2, 0.25) is 5.91 Å². The molecule has 0 aliphatic rings. The molecular weight excluding hydrogens is 211 g/mol. The summed E-state index contributed by atoms with van der Waals surface area (Å²) >= 11 is 0. The fourth-order valence-electron chi connectivity index (χ4n) is 1.03. The quantitative estimate of drug-likeness (QED) is 0.831. The van der Waals surface area contributed by atoms with Crippen LogP contribution in [0.3, 0.4) is 0 Å². The second kappa shape index (κ2) is 5.12. The predicted molar refractivity (Wildman–Crippen MR) is 55.0 cm³/mol. The van der Waals surface area contributed by atoms with Gasteiger partial charge < -0.3 is 10.5 Å². The summed E-state index contributed by atoms with van der Waals surface area (Å²) in [6, 6.07) is 5.77. The van der Waals surface area contributed by atoms with E-state index in [-0.39, 0.29) is 17.9 Å². The number of rotatable bonds is 4. The average Bonchev–Trinajstić information content (AvgIpc) is 2.25. The van der Waals surface area contributed by atoms with Gasteiger partial charge in [-0.3, -0.25) is 4.79 Å². The van der Waals surface area contributed by atoms with Crippen LogP contribution < -0.4 is 10.5 Å². The molecule has 1 amide bonds. The summed E-state index contributed by atoms with van der Waals surface area (Å²) in [5, 5.41) is 8.71. The minimum Gasteiger partial charge on any atom is -0.491 e. The first-order chi connectivity index (χ1) is 7.56. The van der Waals surface area contributed by atoms with Gasteiger partial charge in [0.1, 0.15) is 23.2 Å². The smallest absolute Gasteiger partial charge is 0.223 e. The summed E-state index contributed by atoms with van der Waals surface area (Å²) in [6.45, 7) is 1.61. The minimum atomic E-state index is -0.647. The number of benzene rings is 1. The van der Waals surface area contributed by atoms with E-state index in [9.17, 15) is 9.18 Å². The van der Waals surface area contributed by atoms with E-state index in [0.717, 1.165) is 0 Å². The lowest BCUT2D eigenvalue weighted by atomic mass is 10.2. The molecule has 1 rings (SSSR count). The zero-order chi connectivity index (χ0) is 12.1. The normalized spacial score (nSPS) is 11.6. The number of primary amides is 1. The van der Waals surface area contributed by atoms with Gasteiger partial charge in [-0.15, -0.1) is 0 Å². The van der Waals surface area contributed by atoms with Gasteiger partial charge in [-0.05, 0) is 12.1 Å². The first kappa shape index (κ1) is 12.0. The summed E-state index contributed by atoms with van der Waals surface area (Å²) in [6.07, 6.45) is 0. The number of carbonyl (C=O) groups is 1. The zero-order valence-corrected chi connectivity index (χ0v) is 8.74. The van der Waals surface area contributed by atoms with Gasteiger partial charge in [0.05, 0.1) is 12.5 Å². The topological polar surface area (TPSA) is 76.1 Å². The van der Waals surface area contributed by atoms with Gasteiger partial charge in [0.15, 0.2) is 0 Å². The summed E-state index contributed by atoms with van der Waals surface area (Å²) in [5.74, 6) is -1.52. The third kappa shape index (κ3) is 2.70. The van der Waals surface area contributed by atoms with Gasteiger partial charge in [0, 0.05) is 0 Å². The van der Waals surface area contributed by atoms with Crippen molar-refractivity contribution in [2.75, 3.05) is 6.61 Å². The SMILES string of the molecule is CC(COc1cccc(F)c1C#N)C(N)=O. The molecule has 0 heterocycles. The molecular formula is C11H11FN2O2. The van der Waals surface area contributed by atoms with Crippen LogP contribution in [0.1, 0.15) is 12.5 Å². The van der Waals surface area contributed by atoms with Crippen LogP contribution >= 0.6 is 0 Å². The van der Waals surface area contributed by atoms with Crippen molar-refractivity contribution in [3.05, 3.63) is 29.6 Å². The van der Waals surface area contributed by atoms with E-state index in [0.29, 0.717) is 0 Å². The van der Waals surface area contributed by atoms with E-state index in [2.05, 4.69) is 0 Å². The van der Waals surface area contributed by atoms with Gasteiger partial charge in [-0.25, -0.2) is 4.39 Å². The highest BCUT2D eigenvalue weighted by Gasteiger charge is 2.13. The highest BCUT2D eigenvalue weighted by molar-refractivity contribution is 5.76. The first-order valence-electron chi connectivity index (χ1n) is 4.67. The maximum Gasteiger partial charge on any atom is 0.223 e. The van der Waals surface area contributed by atoms with E-state index >= 15 is 0 Å². The van der Waals surface area contributed by atoms with Crippen LogP contribution in [0.15, 0.2) is 18.2 Å². The highest BCUT2D eigenvalue weighted by Crippen LogP contribution is 2.20. The maximum absolute atomic E-state index is 13.1. The van der Waals surface area contributed by atoms with E-state index in [4.69, 9.17) is 15.7 Å². The summed E-state index contributed by atoms with van der Waals surface area (Å²) in [5.41, 5.74) is 4.88. The monoisotopic (exact) mass is 222 g/mol. The van der Waals surface area contributed by atoms with Crippen molar-refractivity contribution in [1.29, 1.82) is 5.26 Å². The Morgan fingerprint density at radius 2 is 2.38 bits per heavy atom. The highest BCUT2D eigenvalue weighted by atomic mass is 19.1. The van der Waals surface area contributed by atoms with Crippen molar-refractivity contribution in [2.45, 2.75) is 6.92 Å². The number of amides is 1. The summed E-state index contributed by atoms with van der Waals surface area (Å²) in [7, 11) is 0. The number of nitrogens with zero attached hydrogens (tertiary/aromatic N) is 1. The van der Waals surface area contributed by atoms with E-state index in [1.807, 2.05) is 0 Å². The molecule has 0 spiro atoms. The second-order valence-corrected chi connectivity index (χ2v) is 3.34. The van der Waals surface area contributed by atoms with Crippen LogP contribution in [0.2, 0.25) is 0 Å². The molecule has 0 aromatic heterocycles. The Morgan fingerprint density at radius 1 is 1.69 bits per heavy atom. The molecule has 0 aliphatic carbocycles. The molecule has 0 saturated carbocycles. The van der Waals surface area contributed by atoms with Crippen LogP contribution in [0.4, 0.5) is 4.39 Å². The Bertz CT molecular complexity index is 440. The van der Waals surface area contributed by atoms with Gasteiger partial charge >= 0.3 is 0 Å². The fraction of sp³-hybridized carbons (Fsp3) is 0.273. The maximum atomic E-state index is 13.1. The van der Waals surface area contributed by atoms with Crippen molar-refractivity contribution in [3.63, 3.8) is 0 Å². The zero-order valence-electron chi connectivity index (χ0n) is 8.74. The number of hydrogen-bond acceptors (Lipinski definition) is 3.